The number of aryl methyl sites for hydroxylation is 1. The van der Waals surface area contributed by atoms with E-state index in [0.29, 0.717) is 0 Å². The SMILES string of the molecule is Cn1nc(CCl)c(S(=O)(=O)F)c1Cl. The number of halogens is 3. The monoisotopic (exact) mass is 246 g/mol. The molecule has 0 fully saturated rings. The summed E-state index contributed by atoms with van der Waals surface area (Å²) in [4.78, 5) is -0.647. The Morgan fingerprint density at radius 3 is 2.46 bits per heavy atom. The molecule has 0 aliphatic heterocycles. The molecule has 0 amide bonds. The standard InChI is InChI=1S/C5H5Cl2FN2O2S/c1-10-5(7)4(13(8,11)12)3(2-6)9-10/h2H2,1H3. The van der Waals surface area contributed by atoms with Gasteiger partial charge in [0.15, 0.2) is 4.90 Å². The van der Waals surface area contributed by atoms with Gasteiger partial charge in [-0.25, -0.2) is 0 Å². The molecule has 0 unspecified atom stereocenters. The summed E-state index contributed by atoms with van der Waals surface area (Å²) in [6.07, 6.45) is 0. The molecule has 0 saturated carbocycles. The number of aromatic nitrogens is 2. The normalized spacial score (nSPS) is 12.0. The molecule has 0 saturated heterocycles. The number of nitrogens with zero attached hydrogens (tertiary/aromatic N) is 2. The fraction of sp³-hybridized carbons (Fsp3) is 0.400. The molecular weight excluding hydrogens is 242 g/mol. The highest BCUT2D eigenvalue weighted by Gasteiger charge is 2.25. The predicted molar refractivity (Wildman–Crippen MR) is 46.1 cm³/mol. The van der Waals surface area contributed by atoms with Crippen molar-refractivity contribution < 1.29 is 12.3 Å². The average molecular weight is 247 g/mol. The predicted octanol–water partition coefficient (Wildman–Crippen LogP) is 1.47. The molecule has 74 valence electrons. The average Bonchev–Trinajstić information content (AvgIpc) is 2.26. The third-order valence-electron chi connectivity index (χ3n) is 1.37. The van der Waals surface area contributed by atoms with E-state index in [1.807, 2.05) is 0 Å². The highest BCUT2D eigenvalue weighted by atomic mass is 35.5. The number of hydrogen-bond donors (Lipinski definition) is 0. The zero-order valence-corrected chi connectivity index (χ0v) is 8.79. The zero-order valence-electron chi connectivity index (χ0n) is 6.46. The summed E-state index contributed by atoms with van der Waals surface area (Å²) >= 11 is 10.9. The second kappa shape index (κ2) is 3.43. The lowest BCUT2D eigenvalue weighted by molar-refractivity contribution is 0.551. The smallest absolute Gasteiger partial charge is 0.255 e. The summed E-state index contributed by atoms with van der Waals surface area (Å²) in [5, 5.41) is 3.35. The first-order valence-electron chi connectivity index (χ1n) is 3.10. The molecule has 4 nitrogen and oxygen atoms in total. The Labute approximate surface area is 84.5 Å². The van der Waals surface area contributed by atoms with E-state index in [9.17, 15) is 12.3 Å². The van der Waals surface area contributed by atoms with Gasteiger partial charge in [0.2, 0.25) is 0 Å². The summed E-state index contributed by atoms with van der Waals surface area (Å²) in [5.74, 6) is -0.209. The van der Waals surface area contributed by atoms with Gasteiger partial charge in [-0.3, -0.25) is 4.68 Å². The molecule has 13 heavy (non-hydrogen) atoms. The molecule has 0 aromatic carbocycles. The van der Waals surface area contributed by atoms with Gasteiger partial charge < -0.3 is 0 Å². The van der Waals surface area contributed by atoms with Crippen molar-refractivity contribution in [1.29, 1.82) is 0 Å². The minimum atomic E-state index is -4.86. The largest absolute Gasteiger partial charge is 0.337 e. The van der Waals surface area contributed by atoms with Crippen LogP contribution in [0.25, 0.3) is 0 Å². The fourth-order valence-corrected chi connectivity index (χ4v) is 2.28. The Balaban J connectivity index is 3.51. The fourth-order valence-electron chi connectivity index (χ4n) is 0.865. The second-order valence-electron chi connectivity index (χ2n) is 2.26. The summed E-state index contributed by atoms with van der Waals surface area (Å²) in [6.45, 7) is 0. The molecule has 0 aliphatic carbocycles. The third kappa shape index (κ3) is 1.95. The van der Waals surface area contributed by atoms with E-state index in [-0.39, 0.29) is 16.7 Å². The molecule has 1 aromatic heterocycles. The van der Waals surface area contributed by atoms with Crippen molar-refractivity contribution in [2.45, 2.75) is 10.8 Å². The Bertz CT molecular complexity index is 428. The lowest BCUT2D eigenvalue weighted by atomic mass is 10.5. The molecule has 0 spiro atoms. The van der Waals surface area contributed by atoms with Gasteiger partial charge in [-0.05, 0) is 0 Å². The van der Waals surface area contributed by atoms with E-state index < -0.39 is 15.1 Å². The topological polar surface area (TPSA) is 52.0 Å². The van der Waals surface area contributed by atoms with E-state index in [1.54, 1.807) is 0 Å². The van der Waals surface area contributed by atoms with Gasteiger partial charge in [-0.15, -0.1) is 15.5 Å². The van der Waals surface area contributed by atoms with Crippen molar-refractivity contribution in [1.82, 2.24) is 9.78 Å². The maximum absolute atomic E-state index is 12.6. The third-order valence-corrected chi connectivity index (χ3v) is 3.09. The molecule has 0 atom stereocenters. The highest BCUT2D eigenvalue weighted by Crippen LogP contribution is 2.27. The van der Waals surface area contributed by atoms with E-state index in [1.165, 1.54) is 7.05 Å². The van der Waals surface area contributed by atoms with E-state index in [2.05, 4.69) is 5.10 Å². The van der Waals surface area contributed by atoms with Crippen LogP contribution in [-0.4, -0.2) is 18.2 Å². The first-order chi connectivity index (χ1) is 5.88. The van der Waals surface area contributed by atoms with E-state index in [0.717, 1.165) is 4.68 Å². The number of hydrogen-bond acceptors (Lipinski definition) is 3. The first kappa shape index (κ1) is 10.7. The minimum Gasteiger partial charge on any atom is -0.255 e. The Morgan fingerprint density at radius 2 is 2.15 bits per heavy atom. The lowest BCUT2D eigenvalue weighted by Gasteiger charge is -1.92. The van der Waals surface area contributed by atoms with Gasteiger partial charge in [0.05, 0.1) is 5.88 Å². The number of rotatable bonds is 2. The van der Waals surface area contributed by atoms with Crippen molar-refractivity contribution in [2.24, 2.45) is 7.05 Å². The highest BCUT2D eigenvalue weighted by molar-refractivity contribution is 7.86. The minimum absolute atomic E-state index is 0.0864. The maximum atomic E-state index is 12.6. The van der Waals surface area contributed by atoms with Crippen LogP contribution in [0.15, 0.2) is 4.90 Å². The quantitative estimate of drug-likeness (QED) is 0.587. The van der Waals surface area contributed by atoms with Crippen molar-refractivity contribution >= 4 is 33.4 Å². The van der Waals surface area contributed by atoms with Gasteiger partial charge in [-0.1, -0.05) is 11.6 Å². The summed E-state index contributed by atoms with van der Waals surface area (Å²) in [7, 11) is -3.46. The van der Waals surface area contributed by atoms with Crippen LogP contribution in [-0.2, 0) is 23.2 Å². The van der Waals surface area contributed by atoms with Crippen molar-refractivity contribution in [3.05, 3.63) is 10.8 Å². The lowest BCUT2D eigenvalue weighted by Crippen LogP contribution is -1.95. The molecule has 8 heteroatoms. The summed E-state index contributed by atoms with van der Waals surface area (Å²) < 4.78 is 34.8. The van der Waals surface area contributed by atoms with Crippen LogP contribution in [0.1, 0.15) is 5.69 Å². The zero-order chi connectivity index (χ0) is 10.2. The summed E-state index contributed by atoms with van der Waals surface area (Å²) in [5.41, 5.74) is -0.0864. The van der Waals surface area contributed by atoms with Crippen molar-refractivity contribution in [3.8, 4) is 0 Å². The Morgan fingerprint density at radius 1 is 1.62 bits per heavy atom. The molecule has 1 rings (SSSR count). The van der Waals surface area contributed by atoms with Gasteiger partial charge in [0, 0.05) is 7.05 Å². The molecule has 0 bridgehead atoms. The van der Waals surface area contributed by atoms with E-state index in [4.69, 9.17) is 23.2 Å². The molecule has 0 radical (unpaired) electrons. The van der Waals surface area contributed by atoms with Gasteiger partial charge >= 0.3 is 10.2 Å². The Hall–Kier alpha value is -0.330. The first-order valence-corrected chi connectivity index (χ1v) is 5.39. The molecule has 0 N–H and O–H groups in total. The van der Waals surface area contributed by atoms with Gasteiger partial charge in [0.25, 0.3) is 0 Å². The van der Waals surface area contributed by atoms with Crippen molar-refractivity contribution in [3.63, 3.8) is 0 Å². The summed E-state index contributed by atoms with van der Waals surface area (Å²) in [6, 6.07) is 0. The van der Waals surface area contributed by atoms with Crippen molar-refractivity contribution in [2.75, 3.05) is 0 Å². The van der Waals surface area contributed by atoms with E-state index >= 15 is 0 Å². The van der Waals surface area contributed by atoms with Crippen LogP contribution in [0.5, 0.6) is 0 Å². The van der Waals surface area contributed by atoms with Crippen LogP contribution in [0, 0.1) is 0 Å². The van der Waals surface area contributed by atoms with Crippen LogP contribution < -0.4 is 0 Å². The molecule has 0 aliphatic rings. The van der Waals surface area contributed by atoms with Crippen LogP contribution in [0.4, 0.5) is 3.89 Å². The van der Waals surface area contributed by atoms with Crippen LogP contribution in [0.3, 0.4) is 0 Å². The number of alkyl halides is 1. The molecule has 1 aromatic rings. The van der Waals surface area contributed by atoms with Gasteiger partial charge in [0.1, 0.15) is 10.8 Å². The molecular formula is C5H5Cl2FN2O2S. The van der Waals surface area contributed by atoms with Crippen LogP contribution in [0.2, 0.25) is 5.15 Å². The Kier molecular flexibility index (Phi) is 2.84. The molecule has 1 heterocycles. The van der Waals surface area contributed by atoms with Gasteiger partial charge in [-0.2, -0.15) is 13.5 Å². The van der Waals surface area contributed by atoms with Crippen LogP contribution >= 0.6 is 23.2 Å². The second-order valence-corrected chi connectivity index (χ2v) is 4.17. The maximum Gasteiger partial charge on any atom is 0.337 e.